The molecule has 9 heteroatoms. The number of rotatable bonds is 3. The van der Waals surface area contributed by atoms with Gasteiger partial charge < -0.3 is 9.47 Å². The number of hydrogen-bond acceptors (Lipinski definition) is 6. The van der Waals surface area contributed by atoms with Crippen LogP contribution < -0.4 is 4.90 Å². The second-order valence-electron chi connectivity index (χ2n) is 6.81. The summed E-state index contributed by atoms with van der Waals surface area (Å²) < 4.78 is 11.1. The van der Waals surface area contributed by atoms with E-state index in [9.17, 15) is 9.59 Å². The number of ether oxygens (including phenoxy) is 2. The van der Waals surface area contributed by atoms with Crippen LogP contribution in [-0.4, -0.2) is 59.1 Å². The fraction of sp³-hybridized carbons (Fsp3) is 0.444. The van der Waals surface area contributed by atoms with Crippen LogP contribution in [0, 0.1) is 0 Å². The van der Waals surface area contributed by atoms with Crippen molar-refractivity contribution in [2.75, 3.05) is 25.1 Å². The van der Waals surface area contributed by atoms with Gasteiger partial charge in [0.25, 0.3) is 5.91 Å². The largest absolute Gasteiger partial charge is 0.469 e. The number of benzene rings is 1. The molecule has 1 aromatic rings. The molecule has 0 N–H and O–H groups in total. The maximum absolute atomic E-state index is 13.5. The van der Waals surface area contributed by atoms with E-state index < -0.39 is 17.3 Å². The summed E-state index contributed by atoms with van der Waals surface area (Å²) in [5.74, 6) is -0.425. The fourth-order valence-electron chi connectivity index (χ4n) is 3.88. The van der Waals surface area contributed by atoms with Crippen molar-refractivity contribution in [3.05, 3.63) is 29.3 Å². The Bertz CT molecular complexity index is 874. The van der Waals surface area contributed by atoms with Gasteiger partial charge in [0.2, 0.25) is 5.72 Å². The third-order valence-electron chi connectivity index (χ3n) is 5.10. The van der Waals surface area contributed by atoms with Crippen molar-refractivity contribution in [3.8, 4) is 0 Å². The minimum absolute atomic E-state index is 0.287. The Kier molecular flexibility index (Phi) is 4.25. The number of carbonyl (C=O) groups excluding carboxylic acids is 2. The zero-order valence-electron chi connectivity index (χ0n) is 14.9. The number of thiocarbonyl (C=S) groups is 1. The van der Waals surface area contributed by atoms with E-state index in [0.29, 0.717) is 34.6 Å². The van der Waals surface area contributed by atoms with Crippen LogP contribution in [0.1, 0.15) is 19.8 Å². The first-order chi connectivity index (χ1) is 12.8. The molecule has 27 heavy (non-hydrogen) atoms. The molecule has 3 aliphatic rings. The van der Waals surface area contributed by atoms with Crippen LogP contribution in [0.2, 0.25) is 5.02 Å². The van der Waals surface area contributed by atoms with Gasteiger partial charge in [-0.15, -0.1) is 0 Å². The minimum Gasteiger partial charge on any atom is -0.469 e. The second-order valence-corrected chi connectivity index (χ2v) is 7.63. The predicted molar refractivity (Wildman–Crippen MR) is 104 cm³/mol. The molecule has 1 aromatic carbocycles. The van der Waals surface area contributed by atoms with Crippen molar-refractivity contribution in [2.45, 2.75) is 31.1 Å². The Morgan fingerprint density at radius 3 is 2.78 bits per heavy atom. The van der Waals surface area contributed by atoms with E-state index in [4.69, 9.17) is 33.3 Å². The zero-order valence-corrected chi connectivity index (χ0v) is 16.5. The topological polar surface area (TPSA) is 71.4 Å². The summed E-state index contributed by atoms with van der Waals surface area (Å²) in [6.07, 6.45) is 0.456. The summed E-state index contributed by atoms with van der Waals surface area (Å²) in [4.78, 5) is 33.8. The molecule has 7 nitrogen and oxygen atoms in total. The van der Waals surface area contributed by atoms with Crippen molar-refractivity contribution in [1.29, 1.82) is 0 Å². The number of halogens is 1. The number of anilines is 1. The van der Waals surface area contributed by atoms with E-state index in [1.54, 1.807) is 41.0 Å². The highest BCUT2D eigenvalue weighted by atomic mass is 35.5. The molecule has 0 radical (unpaired) electrons. The summed E-state index contributed by atoms with van der Waals surface area (Å²) >= 11 is 11.8. The van der Waals surface area contributed by atoms with Gasteiger partial charge in [-0.05, 0) is 37.6 Å². The van der Waals surface area contributed by atoms with E-state index in [1.807, 2.05) is 0 Å². The molecule has 0 aliphatic carbocycles. The highest BCUT2D eigenvalue weighted by molar-refractivity contribution is 7.81. The van der Waals surface area contributed by atoms with Crippen LogP contribution in [0.15, 0.2) is 29.3 Å². The Morgan fingerprint density at radius 1 is 1.41 bits per heavy atom. The van der Waals surface area contributed by atoms with E-state index in [0.717, 1.165) is 6.42 Å². The van der Waals surface area contributed by atoms with Gasteiger partial charge in [-0.25, -0.2) is 0 Å². The Balaban J connectivity index is 1.92. The van der Waals surface area contributed by atoms with Crippen molar-refractivity contribution < 1.29 is 19.1 Å². The number of amides is 1. The first-order valence-electron chi connectivity index (χ1n) is 8.57. The Labute approximate surface area is 166 Å². The number of aliphatic imine (C=N–C) groups is 1. The molecule has 0 saturated carbocycles. The quantitative estimate of drug-likeness (QED) is 0.565. The number of amidine groups is 1. The number of methoxy groups -OCH3 is 1. The summed E-state index contributed by atoms with van der Waals surface area (Å²) in [6.45, 7) is 2.91. The standard InChI is InChI=1S/C18H18ClN3O4S/c1-17-14-20-8-3-9-21(14)15(24)18(26-17,10-13(23)25-2)22(16(17)27)12-6-4-11(19)5-7-12/h4-7H,3,8-10H2,1-2H3. The smallest absolute Gasteiger partial charge is 0.311 e. The number of hydrogen-bond donors (Lipinski definition) is 0. The van der Waals surface area contributed by atoms with Gasteiger partial charge >= 0.3 is 5.97 Å². The van der Waals surface area contributed by atoms with Crippen molar-refractivity contribution in [2.24, 2.45) is 4.99 Å². The van der Waals surface area contributed by atoms with Gasteiger partial charge in [0.05, 0.1) is 7.11 Å². The molecule has 2 fully saturated rings. The van der Waals surface area contributed by atoms with Gasteiger partial charge in [0, 0.05) is 23.8 Å². The lowest BCUT2D eigenvalue weighted by atomic mass is 9.99. The van der Waals surface area contributed by atoms with Crippen LogP contribution in [-0.2, 0) is 19.1 Å². The first kappa shape index (κ1) is 18.3. The highest BCUT2D eigenvalue weighted by Crippen LogP contribution is 2.48. The van der Waals surface area contributed by atoms with Gasteiger partial charge in [-0.2, -0.15) is 0 Å². The molecule has 2 bridgehead atoms. The number of esters is 1. The van der Waals surface area contributed by atoms with Crippen LogP contribution >= 0.6 is 23.8 Å². The number of nitrogens with zero attached hydrogens (tertiary/aromatic N) is 3. The Hall–Kier alpha value is -2.03. The summed E-state index contributed by atoms with van der Waals surface area (Å²) in [7, 11) is 1.28. The van der Waals surface area contributed by atoms with Crippen molar-refractivity contribution in [1.82, 2.24) is 4.90 Å². The van der Waals surface area contributed by atoms with Crippen LogP contribution in [0.3, 0.4) is 0 Å². The molecule has 2 unspecified atom stereocenters. The lowest BCUT2D eigenvalue weighted by molar-refractivity contribution is -0.172. The molecule has 0 spiro atoms. The summed E-state index contributed by atoms with van der Waals surface area (Å²) in [5, 5.41) is 0.550. The molecule has 2 saturated heterocycles. The van der Waals surface area contributed by atoms with Gasteiger partial charge in [-0.1, -0.05) is 23.8 Å². The maximum Gasteiger partial charge on any atom is 0.311 e. The van der Waals surface area contributed by atoms with Crippen LogP contribution in [0.25, 0.3) is 0 Å². The highest BCUT2D eigenvalue weighted by Gasteiger charge is 2.69. The van der Waals surface area contributed by atoms with Crippen molar-refractivity contribution in [3.63, 3.8) is 0 Å². The van der Waals surface area contributed by atoms with E-state index in [1.165, 1.54) is 7.11 Å². The number of morpholine rings is 1. The lowest BCUT2D eigenvalue weighted by Gasteiger charge is -2.44. The van der Waals surface area contributed by atoms with Crippen LogP contribution in [0.5, 0.6) is 0 Å². The van der Waals surface area contributed by atoms with Crippen LogP contribution in [0.4, 0.5) is 5.69 Å². The average molecular weight is 408 g/mol. The van der Waals surface area contributed by atoms with Gasteiger partial charge in [0.1, 0.15) is 17.2 Å². The maximum atomic E-state index is 13.5. The molecule has 3 heterocycles. The average Bonchev–Trinajstić information content (AvgIpc) is 2.87. The van der Waals surface area contributed by atoms with Gasteiger partial charge in [-0.3, -0.25) is 24.4 Å². The van der Waals surface area contributed by atoms with E-state index >= 15 is 0 Å². The van der Waals surface area contributed by atoms with Gasteiger partial charge in [0.15, 0.2) is 5.60 Å². The lowest BCUT2D eigenvalue weighted by Crippen LogP contribution is -2.66. The van der Waals surface area contributed by atoms with E-state index in [-0.39, 0.29) is 12.3 Å². The zero-order chi connectivity index (χ0) is 19.4. The van der Waals surface area contributed by atoms with E-state index in [2.05, 4.69) is 4.99 Å². The third kappa shape index (κ3) is 2.50. The third-order valence-corrected chi connectivity index (χ3v) is 5.93. The summed E-state index contributed by atoms with van der Waals surface area (Å²) in [6, 6.07) is 6.89. The first-order valence-corrected chi connectivity index (χ1v) is 9.36. The molecular weight excluding hydrogens is 390 g/mol. The predicted octanol–water partition coefficient (Wildman–Crippen LogP) is 2.17. The normalized spacial score (nSPS) is 29.5. The molecule has 3 aliphatic heterocycles. The SMILES string of the molecule is COC(=O)CC12OC(C)(C(=S)N1c1ccc(Cl)cc1)C1=NCCCN1C2=O. The number of carbonyl (C=O) groups is 2. The minimum atomic E-state index is -1.61. The molecule has 1 amide bonds. The molecule has 142 valence electrons. The fourth-order valence-corrected chi connectivity index (χ4v) is 4.39. The van der Waals surface area contributed by atoms with Crippen molar-refractivity contribution >= 4 is 52.2 Å². The molecule has 4 rings (SSSR count). The Morgan fingerprint density at radius 2 is 2.11 bits per heavy atom. The molecule has 0 aromatic heterocycles. The molecule has 2 atom stereocenters. The molecular formula is C18H18ClN3O4S. The number of fused-ring (bicyclic) bond motifs is 4. The second kappa shape index (κ2) is 6.25. The summed E-state index contributed by atoms with van der Waals surface area (Å²) in [5.41, 5.74) is -2.08. The monoisotopic (exact) mass is 407 g/mol.